The lowest BCUT2D eigenvalue weighted by atomic mass is 9.47. The monoisotopic (exact) mass is 1160 g/mol. The molecule has 10 nitrogen and oxygen atoms in total. The molecule has 1 unspecified atom stereocenters. The lowest BCUT2D eigenvalue weighted by Crippen LogP contribution is -2.51. The smallest absolute Gasteiger partial charge is 0.472 e. The molecule has 0 aromatic carbocycles. The van der Waals surface area contributed by atoms with Gasteiger partial charge in [0, 0.05) is 12.6 Å². The second-order valence-electron chi connectivity index (χ2n) is 27.6. The molecule has 0 amide bonds. The van der Waals surface area contributed by atoms with Crippen molar-refractivity contribution in [2.24, 2.45) is 51.3 Å². The van der Waals surface area contributed by atoms with Gasteiger partial charge in [0.1, 0.15) is 6.04 Å². The highest BCUT2D eigenvalue weighted by molar-refractivity contribution is 7.47. The van der Waals surface area contributed by atoms with Crippen LogP contribution < -0.4 is 15.9 Å². The second kappa shape index (κ2) is 42.7. The molecule has 0 spiro atoms. The van der Waals surface area contributed by atoms with Crippen LogP contribution >= 0.6 is 7.82 Å². The molecule has 3 saturated carbocycles. The highest BCUT2D eigenvalue weighted by atomic mass is 31.2. The van der Waals surface area contributed by atoms with E-state index < -0.39 is 20.0 Å². The van der Waals surface area contributed by atoms with Crippen LogP contribution in [0.5, 0.6) is 0 Å². The molecule has 3 fully saturated rings. The highest BCUT2D eigenvalue weighted by Gasteiger charge is 2.59. The van der Waals surface area contributed by atoms with Crippen molar-refractivity contribution in [1.82, 2.24) is 10.8 Å². The van der Waals surface area contributed by atoms with Crippen molar-refractivity contribution < 1.29 is 33.6 Å². The van der Waals surface area contributed by atoms with Crippen LogP contribution in [0.3, 0.4) is 0 Å². The van der Waals surface area contributed by atoms with Gasteiger partial charge in [-0.2, -0.15) is 5.48 Å². The largest absolute Gasteiger partial charge is 0.862 e. The van der Waals surface area contributed by atoms with Gasteiger partial charge in [0.25, 0.3) is 0 Å². The molecule has 81 heavy (non-hydrogen) atoms. The molecule has 11 atom stereocenters. The summed E-state index contributed by atoms with van der Waals surface area (Å²) < 4.78 is 23.7. The number of allylic oxidation sites excluding steroid dienone is 2. The number of phosphoric acid groups is 1. The number of hydrogen-bond acceptors (Lipinski definition) is 9. The topological polar surface area (TPSA) is 145 Å². The number of fused-ring (bicyclic) bond motifs is 5. The van der Waals surface area contributed by atoms with E-state index in [1.54, 1.807) is 11.6 Å². The summed E-state index contributed by atoms with van der Waals surface area (Å²) >= 11 is 0. The van der Waals surface area contributed by atoms with Crippen molar-refractivity contribution in [3.63, 3.8) is 0 Å². The first-order valence-electron chi connectivity index (χ1n) is 35.2. The Kier molecular flexibility index (Phi) is 38.1. The Morgan fingerprint density at radius 1 is 0.704 bits per heavy atom. The molecule has 4 aliphatic carbocycles. The molecule has 0 bridgehead atoms. The number of hydroxylamine groups is 1. The maximum Gasteiger partial charge on any atom is 0.472 e. The third kappa shape index (κ3) is 28.5. The Morgan fingerprint density at radius 3 is 1.91 bits per heavy atom. The van der Waals surface area contributed by atoms with E-state index in [1.807, 2.05) is 6.08 Å². The van der Waals surface area contributed by atoms with Crippen molar-refractivity contribution in [2.45, 2.75) is 336 Å². The minimum absolute atomic E-state index is 0.00118. The lowest BCUT2D eigenvalue weighted by Gasteiger charge is -2.58. The number of phosphoric ester groups is 1. The van der Waals surface area contributed by atoms with Crippen molar-refractivity contribution >= 4 is 13.7 Å². The predicted molar refractivity (Wildman–Crippen MR) is 341 cm³/mol. The summed E-state index contributed by atoms with van der Waals surface area (Å²) in [6.45, 7) is 18.7. The molecule has 4 rings (SSSR count). The molecular weight excluding hydrogens is 1030 g/mol. The van der Waals surface area contributed by atoms with E-state index in [1.165, 1.54) is 199 Å². The first kappa shape index (κ1) is 72.4. The van der Waals surface area contributed by atoms with E-state index in [0.29, 0.717) is 36.4 Å². The summed E-state index contributed by atoms with van der Waals surface area (Å²) in [6, 6.07) is -0.603. The average molecular weight is 1160 g/mol. The van der Waals surface area contributed by atoms with E-state index in [9.17, 15) is 19.7 Å². The van der Waals surface area contributed by atoms with Crippen molar-refractivity contribution in [2.75, 3.05) is 32.9 Å². The maximum absolute atomic E-state index is 13.1. The van der Waals surface area contributed by atoms with E-state index in [-0.39, 0.29) is 19.1 Å². The lowest BCUT2D eigenvalue weighted by molar-refractivity contribution is -0.219. The van der Waals surface area contributed by atoms with Gasteiger partial charge in [-0.25, -0.2) is 4.57 Å². The van der Waals surface area contributed by atoms with Crippen LogP contribution in [-0.2, 0) is 18.5 Å². The first-order chi connectivity index (χ1) is 39.2. The summed E-state index contributed by atoms with van der Waals surface area (Å²) in [5.74, 6) is 4.88. The Bertz CT molecular complexity index is 1730. The molecule has 4 N–H and O–H groups in total. The fraction of sp³-hybridized carbons (Fsp3) is 0.929. The summed E-state index contributed by atoms with van der Waals surface area (Å²) in [5, 5.41) is 27.5. The highest BCUT2D eigenvalue weighted by Crippen LogP contribution is 2.67. The zero-order valence-electron chi connectivity index (χ0n) is 54.0. The molecule has 0 aromatic heterocycles. The number of nitrogens with one attached hydrogen (secondary N) is 2. The van der Waals surface area contributed by atoms with Gasteiger partial charge in [-0.1, -0.05) is 246 Å². The van der Waals surface area contributed by atoms with Crippen LogP contribution in [0, 0.1) is 46.3 Å². The molecule has 0 aromatic rings. The van der Waals surface area contributed by atoms with Gasteiger partial charge < -0.3 is 25.3 Å². The van der Waals surface area contributed by atoms with Gasteiger partial charge in [-0.3, -0.25) is 14.0 Å². The third-order valence-electron chi connectivity index (χ3n) is 20.6. The molecule has 474 valence electrons. The SMILES string of the molecule is CCCCCCCCCCCCC/C=C/[C@@H](O)[C@H](COP(=O)(O)OCCNCCCCCON[C@H]1CC[C@@]2(C)C(=CC[C@H]3[C@@H]4CC[C@H]([C@H](C)CCCC(C)C)[C@@]4(C)CC[C@@H]32)C1)N=C([O-])CCCCCCCCCCCCCCCCC. The number of hydrogen-bond donors (Lipinski definition) is 4. The zero-order valence-corrected chi connectivity index (χ0v) is 54.9. The molecule has 0 saturated heterocycles. The van der Waals surface area contributed by atoms with Crippen LogP contribution in [0.4, 0.5) is 0 Å². The number of rotatable bonds is 51. The predicted octanol–water partition coefficient (Wildman–Crippen LogP) is 18.8. The van der Waals surface area contributed by atoms with Crippen molar-refractivity contribution in [3.05, 3.63) is 23.8 Å². The van der Waals surface area contributed by atoms with Gasteiger partial charge >= 0.3 is 7.82 Å². The average Bonchev–Trinajstić information content (AvgIpc) is 4.08. The van der Waals surface area contributed by atoms with Crippen LogP contribution in [-0.4, -0.2) is 67.0 Å². The fourth-order valence-electron chi connectivity index (χ4n) is 15.5. The minimum Gasteiger partial charge on any atom is -0.862 e. The van der Waals surface area contributed by atoms with Gasteiger partial charge in [0.15, 0.2) is 0 Å². The maximum atomic E-state index is 13.1. The summed E-state index contributed by atoms with van der Waals surface area (Å²) in [5.41, 5.74) is 6.06. The number of aliphatic hydroxyl groups excluding tert-OH is 1. The van der Waals surface area contributed by atoms with Gasteiger partial charge in [-0.15, -0.1) is 0 Å². The van der Waals surface area contributed by atoms with Crippen LogP contribution in [0.15, 0.2) is 28.8 Å². The molecule has 0 heterocycles. The summed E-state index contributed by atoms with van der Waals surface area (Å²) in [7, 11) is -4.44. The quantitative estimate of drug-likeness (QED) is 0.0117. The van der Waals surface area contributed by atoms with Crippen LogP contribution in [0.25, 0.3) is 0 Å². The van der Waals surface area contributed by atoms with E-state index in [4.69, 9.17) is 13.9 Å². The summed E-state index contributed by atoms with van der Waals surface area (Å²) in [6.07, 6.45) is 56.9. The summed E-state index contributed by atoms with van der Waals surface area (Å²) in [4.78, 5) is 21.0. The van der Waals surface area contributed by atoms with E-state index in [2.05, 4.69) is 70.3 Å². The Labute approximate surface area is 500 Å². The van der Waals surface area contributed by atoms with Gasteiger partial charge in [0.2, 0.25) is 0 Å². The molecule has 11 heteroatoms. The number of aliphatic hydroxyl groups is 1. The van der Waals surface area contributed by atoms with Crippen molar-refractivity contribution in [3.8, 4) is 0 Å². The van der Waals surface area contributed by atoms with E-state index in [0.717, 1.165) is 106 Å². The Hall–Kier alpha value is -1.10. The molecular formula is C70H131N3O7P-. The van der Waals surface area contributed by atoms with E-state index >= 15 is 0 Å². The number of unbranched alkanes of at least 4 members (excludes halogenated alkanes) is 27. The minimum atomic E-state index is -4.44. The van der Waals surface area contributed by atoms with Crippen LogP contribution in [0.2, 0.25) is 0 Å². The first-order valence-corrected chi connectivity index (χ1v) is 36.7. The Balaban J connectivity index is 1.07. The van der Waals surface area contributed by atoms with Crippen LogP contribution in [0.1, 0.15) is 318 Å². The number of nitrogens with zero attached hydrogens (tertiary/aromatic N) is 1. The van der Waals surface area contributed by atoms with Gasteiger partial charge in [-0.05, 0) is 155 Å². The third-order valence-corrected chi connectivity index (χ3v) is 21.6. The second-order valence-corrected chi connectivity index (χ2v) is 29.1. The fourth-order valence-corrected chi connectivity index (χ4v) is 16.3. The van der Waals surface area contributed by atoms with Crippen molar-refractivity contribution in [1.29, 1.82) is 0 Å². The zero-order chi connectivity index (χ0) is 58.4. The molecule has 0 radical (unpaired) electrons. The Morgan fingerprint density at radius 2 is 1.30 bits per heavy atom. The molecule has 0 aliphatic heterocycles. The molecule has 4 aliphatic rings. The number of aliphatic imine (C=N–C) groups is 1. The standard InChI is InChI=1S/C70H132N3O7P/c1-8-10-12-14-16-18-20-22-23-25-27-29-31-33-36-43-68(75)72-66(67(74)42-35-32-30-28-26-24-21-19-17-15-13-11-9-2)57-80-81(76,77)79-55-53-71-52-37-34-38-54-78-73-61-48-50-69(6)60(56-61)44-45-62-64-47-46-63(59(5)41-39-40-58(3)4)70(64,7)51-49-65(62)69/h35,42,44,58-59,61-67,71,73-74H,8-34,36-41,43,45-57H2,1-7H3,(H,72,75)(H,76,77)/p-1/b42-35+/t59-,61+,62+,63-,64+,65+,66+,67-,69+,70-/m1/s1. The van der Waals surface area contributed by atoms with Gasteiger partial charge in [0.05, 0.1) is 25.9 Å². The normalized spacial score (nSPS) is 25.9.